The first kappa shape index (κ1) is 33.4. The number of hydrogen-bond donors (Lipinski definition) is 2. The lowest BCUT2D eigenvalue weighted by atomic mass is 10.2. The number of aromatic nitrogens is 3. The number of carboxylic acids is 1. The minimum atomic E-state index is -1.09. The van der Waals surface area contributed by atoms with Crippen LogP contribution in [0.25, 0.3) is 11.0 Å². The molecule has 2 fully saturated rings. The first-order chi connectivity index (χ1) is 24.4. The lowest BCUT2D eigenvalue weighted by Gasteiger charge is -2.24. The summed E-state index contributed by atoms with van der Waals surface area (Å²) < 4.78 is 38.6. The van der Waals surface area contributed by atoms with Crippen molar-refractivity contribution in [1.82, 2.24) is 14.9 Å². The van der Waals surface area contributed by atoms with Crippen LogP contribution in [0.15, 0.2) is 64.0 Å². The second kappa shape index (κ2) is 14.4. The fourth-order valence-electron chi connectivity index (χ4n) is 6.09. The van der Waals surface area contributed by atoms with E-state index in [0.29, 0.717) is 62.9 Å². The maximum absolute atomic E-state index is 11.8. The van der Waals surface area contributed by atoms with E-state index in [1.807, 2.05) is 40.7 Å². The minimum absolute atomic E-state index is 0.0433. The average Bonchev–Trinajstić information content (AvgIpc) is 3.78. The van der Waals surface area contributed by atoms with Crippen molar-refractivity contribution in [3.8, 4) is 23.0 Å². The van der Waals surface area contributed by atoms with Crippen LogP contribution in [0, 0.1) is 0 Å². The van der Waals surface area contributed by atoms with E-state index in [4.69, 9.17) is 33.3 Å². The quantitative estimate of drug-likeness (QED) is 0.109. The third-order valence-corrected chi connectivity index (χ3v) is 9.96. The third kappa shape index (κ3) is 6.85. The van der Waals surface area contributed by atoms with Crippen LogP contribution in [-0.4, -0.2) is 61.1 Å². The lowest BCUT2D eigenvalue weighted by molar-refractivity contribution is -0.0409. The van der Waals surface area contributed by atoms with Gasteiger partial charge in [-0.3, -0.25) is 4.31 Å². The highest BCUT2D eigenvalue weighted by molar-refractivity contribution is 8.00. The highest BCUT2D eigenvalue weighted by Crippen LogP contribution is 2.46. The number of anilines is 3. The molecular weight excluding hydrogens is 662 g/mol. The van der Waals surface area contributed by atoms with Gasteiger partial charge in [-0.15, -0.1) is 0 Å². The van der Waals surface area contributed by atoms with Gasteiger partial charge in [0.25, 0.3) is 0 Å². The van der Waals surface area contributed by atoms with Gasteiger partial charge in [-0.05, 0) is 79.9 Å². The molecule has 1 saturated carbocycles. The molecule has 0 bridgehead atoms. The molecule has 5 aromatic rings. The van der Waals surface area contributed by atoms with Crippen molar-refractivity contribution in [3.05, 3.63) is 71.4 Å². The summed E-state index contributed by atoms with van der Waals surface area (Å²) in [6.45, 7) is 1.13. The van der Waals surface area contributed by atoms with Crippen molar-refractivity contribution in [2.24, 2.45) is 0 Å². The second-order valence-corrected chi connectivity index (χ2v) is 13.2. The number of benzene rings is 3. The molecule has 262 valence electrons. The van der Waals surface area contributed by atoms with Crippen LogP contribution >= 0.6 is 11.9 Å². The molecule has 2 aliphatic rings. The Balaban J connectivity index is 1.25. The first-order valence-corrected chi connectivity index (χ1v) is 17.2. The van der Waals surface area contributed by atoms with Gasteiger partial charge in [-0.25, -0.2) is 9.48 Å². The number of hydrogen-bond acceptors (Lipinski definition) is 12. The van der Waals surface area contributed by atoms with E-state index in [0.717, 1.165) is 50.0 Å². The topological polar surface area (TPSA) is 143 Å². The van der Waals surface area contributed by atoms with Gasteiger partial charge in [0.2, 0.25) is 0 Å². The van der Waals surface area contributed by atoms with Gasteiger partial charge >= 0.3 is 5.97 Å². The zero-order valence-electron chi connectivity index (χ0n) is 28.3. The molecule has 7 rings (SSSR count). The molecule has 13 nitrogen and oxygen atoms in total. The van der Waals surface area contributed by atoms with Crippen molar-refractivity contribution in [2.75, 3.05) is 44.7 Å². The normalized spacial score (nSPS) is 15.9. The molecule has 1 unspecified atom stereocenters. The van der Waals surface area contributed by atoms with E-state index in [9.17, 15) is 9.90 Å². The number of nitrogens with zero attached hydrogens (tertiary/aromatic N) is 4. The molecule has 50 heavy (non-hydrogen) atoms. The number of ether oxygens (including phenoxy) is 5. The lowest BCUT2D eigenvalue weighted by Crippen LogP contribution is -2.20. The van der Waals surface area contributed by atoms with Crippen molar-refractivity contribution in [3.63, 3.8) is 0 Å². The fraction of sp³-hybridized carbons (Fsp3) is 0.361. The van der Waals surface area contributed by atoms with Crippen LogP contribution in [0.4, 0.5) is 17.3 Å². The van der Waals surface area contributed by atoms with E-state index in [1.165, 1.54) is 44.0 Å². The zero-order valence-corrected chi connectivity index (χ0v) is 29.1. The summed E-state index contributed by atoms with van der Waals surface area (Å²) in [5, 5.41) is 23.3. The van der Waals surface area contributed by atoms with Crippen LogP contribution in [0.1, 0.15) is 65.9 Å². The van der Waals surface area contributed by atoms with Crippen LogP contribution < -0.4 is 28.6 Å². The highest BCUT2D eigenvalue weighted by atomic mass is 32.2. The molecule has 1 atom stereocenters. The Morgan fingerprint density at radius 2 is 1.70 bits per heavy atom. The highest BCUT2D eigenvalue weighted by Gasteiger charge is 2.32. The molecule has 14 heteroatoms. The summed E-state index contributed by atoms with van der Waals surface area (Å²) in [5.74, 6) is 2.62. The van der Waals surface area contributed by atoms with Gasteiger partial charge in [0.05, 0.1) is 51.6 Å². The molecule has 2 aromatic heterocycles. The zero-order chi connectivity index (χ0) is 34.8. The predicted octanol–water partition coefficient (Wildman–Crippen LogP) is 7.79. The van der Waals surface area contributed by atoms with Crippen LogP contribution in [-0.2, 0) is 11.3 Å². The number of nitrogens with one attached hydrogen (secondary N) is 1. The maximum atomic E-state index is 11.8. The van der Waals surface area contributed by atoms with Crippen LogP contribution in [0.5, 0.6) is 23.0 Å². The number of carbonyl (C=O) groups is 1. The fourth-order valence-corrected chi connectivity index (χ4v) is 7.20. The summed E-state index contributed by atoms with van der Waals surface area (Å²) in [5.41, 5.74) is 3.41. The molecular formula is C36H39N5O8S. The van der Waals surface area contributed by atoms with Gasteiger partial charge in [0, 0.05) is 30.4 Å². The molecule has 0 radical (unpaired) electrons. The Labute approximate surface area is 293 Å². The van der Waals surface area contributed by atoms with Crippen molar-refractivity contribution < 1.29 is 38.1 Å². The largest absolute Gasteiger partial charge is 0.497 e. The molecule has 1 aliphatic heterocycles. The SMILES string of the molecule is COc1ccc(CN(Sc2c(OC)cc(C(=O)O)cc2OC)c2noc3cc(Nc4cc(C5CC5)n(C5CCCCO5)n4)c(OC)cc23)cc1. The summed E-state index contributed by atoms with van der Waals surface area (Å²) in [4.78, 5) is 12.4. The Morgan fingerprint density at radius 3 is 2.32 bits per heavy atom. The monoisotopic (exact) mass is 701 g/mol. The maximum Gasteiger partial charge on any atom is 0.335 e. The molecule has 3 aromatic carbocycles. The van der Waals surface area contributed by atoms with E-state index in [2.05, 4.69) is 21.2 Å². The Hall–Kier alpha value is -5.08. The van der Waals surface area contributed by atoms with Gasteiger partial charge in [-0.2, -0.15) is 5.10 Å². The average molecular weight is 702 g/mol. The smallest absolute Gasteiger partial charge is 0.335 e. The number of aromatic carboxylic acids is 1. The van der Waals surface area contributed by atoms with Gasteiger partial charge in [0.1, 0.15) is 27.9 Å². The molecule has 1 saturated heterocycles. The molecule has 2 N–H and O–H groups in total. The van der Waals surface area contributed by atoms with Crippen molar-refractivity contribution in [2.45, 2.75) is 55.7 Å². The predicted molar refractivity (Wildman–Crippen MR) is 188 cm³/mol. The number of carboxylic acid groups (broad SMARTS) is 1. The Bertz CT molecular complexity index is 1960. The summed E-state index contributed by atoms with van der Waals surface area (Å²) >= 11 is 1.29. The summed E-state index contributed by atoms with van der Waals surface area (Å²) in [6.07, 6.45) is 5.40. The number of rotatable bonds is 14. The van der Waals surface area contributed by atoms with E-state index in [-0.39, 0.29) is 11.8 Å². The van der Waals surface area contributed by atoms with E-state index < -0.39 is 5.97 Å². The molecule has 0 amide bonds. The number of methoxy groups -OCH3 is 4. The second-order valence-electron chi connectivity index (χ2n) is 12.2. The third-order valence-electron chi connectivity index (χ3n) is 8.85. The summed E-state index contributed by atoms with van der Waals surface area (Å²) in [7, 11) is 6.22. The van der Waals surface area contributed by atoms with Gasteiger partial charge in [-0.1, -0.05) is 17.3 Å². The van der Waals surface area contributed by atoms with Gasteiger partial charge < -0.3 is 38.6 Å². The Morgan fingerprint density at radius 1 is 0.960 bits per heavy atom. The molecule has 3 heterocycles. The van der Waals surface area contributed by atoms with Crippen LogP contribution in [0.3, 0.4) is 0 Å². The van der Waals surface area contributed by atoms with Gasteiger partial charge in [0.15, 0.2) is 23.4 Å². The standard InChI is InChI=1S/C36H39N5O8S/c1-44-24-12-8-21(9-13-24)20-40(50-34-30(46-3)15-23(36(42)43)16-31(34)47-4)35-25-17-29(45-2)26(18-28(25)49-39-35)37-32-19-27(22-10-11-22)41(38-32)33-7-5-6-14-48-33/h8-9,12-13,15-19,22,33H,5-7,10-11,14,20H2,1-4H3,(H,37,38)(H,42,43). The summed E-state index contributed by atoms with van der Waals surface area (Å²) in [6, 6.07) is 16.5. The van der Waals surface area contributed by atoms with E-state index in [1.54, 1.807) is 14.2 Å². The minimum Gasteiger partial charge on any atom is -0.497 e. The first-order valence-electron chi connectivity index (χ1n) is 16.4. The van der Waals surface area contributed by atoms with E-state index >= 15 is 0 Å². The molecule has 0 spiro atoms. The van der Waals surface area contributed by atoms with Crippen molar-refractivity contribution in [1.29, 1.82) is 0 Å². The van der Waals surface area contributed by atoms with Crippen LogP contribution in [0.2, 0.25) is 0 Å². The van der Waals surface area contributed by atoms with Crippen molar-refractivity contribution >= 4 is 46.2 Å². The Kier molecular flexibility index (Phi) is 9.63. The molecule has 1 aliphatic carbocycles. The number of fused-ring (bicyclic) bond motifs is 1.